The lowest BCUT2D eigenvalue weighted by molar-refractivity contribution is -0.0455. The number of thiazole rings is 1. The summed E-state index contributed by atoms with van der Waals surface area (Å²) >= 11 is 1.70. The Morgan fingerprint density at radius 1 is 1.33 bits per heavy atom. The topological polar surface area (TPSA) is 47.5 Å². The van der Waals surface area contributed by atoms with Gasteiger partial charge in [0.25, 0.3) is 5.88 Å². The molecule has 0 amide bonds. The second-order valence-corrected chi connectivity index (χ2v) is 7.41. The molecular formula is C17H20FN3O2S. The summed E-state index contributed by atoms with van der Waals surface area (Å²) in [4.78, 5) is 10.7. The van der Waals surface area contributed by atoms with Gasteiger partial charge in [0.05, 0.1) is 18.8 Å². The van der Waals surface area contributed by atoms with E-state index in [0.717, 1.165) is 43.9 Å². The van der Waals surface area contributed by atoms with Crippen molar-refractivity contribution in [3.63, 3.8) is 0 Å². The molecule has 1 atom stereocenters. The van der Waals surface area contributed by atoms with E-state index in [0.29, 0.717) is 6.61 Å². The van der Waals surface area contributed by atoms with Gasteiger partial charge in [-0.2, -0.15) is 0 Å². The molecule has 4 heterocycles. The molecule has 2 saturated heterocycles. The van der Waals surface area contributed by atoms with Gasteiger partial charge in [-0.1, -0.05) is 0 Å². The van der Waals surface area contributed by atoms with Crippen molar-refractivity contribution in [1.82, 2.24) is 14.9 Å². The molecule has 2 aliphatic rings. The summed E-state index contributed by atoms with van der Waals surface area (Å²) in [5.74, 6) is -0.346. The Hall–Kier alpha value is -1.57. The zero-order valence-corrected chi connectivity index (χ0v) is 14.2. The van der Waals surface area contributed by atoms with Crippen molar-refractivity contribution in [1.29, 1.82) is 0 Å². The number of ether oxygens (including phenoxy) is 2. The van der Waals surface area contributed by atoms with E-state index in [9.17, 15) is 4.39 Å². The monoisotopic (exact) mass is 349 g/mol. The normalized spacial score (nSPS) is 23.6. The molecule has 0 radical (unpaired) electrons. The third kappa shape index (κ3) is 3.43. The van der Waals surface area contributed by atoms with E-state index in [4.69, 9.17) is 9.47 Å². The molecule has 24 heavy (non-hydrogen) atoms. The average Bonchev–Trinajstić information content (AvgIpc) is 3.23. The number of pyridine rings is 1. The first-order chi connectivity index (χ1) is 11.7. The molecule has 0 N–H and O–H groups in total. The minimum Gasteiger partial charge on any atom is -0.470 e. The first-order valence-electron chi connectivity index (χ1n) is 8.24. The highest BCUT2D eigenvalue weighted by Crippen LogP contribution is 2.37. The third-order valence-corrected chi connectivity index (χ3v) is 5.55. The lowest BCUT2D eigenvalue weighted by Gasteiger charge is -2.38. The maximum atomic E-state index is 13.7. The molecule has 2 aromatic rings. The highest BCUT2D eigenvalue weighted by molar-refractivity contribution is 7.09. The van der Waals surface area contributed by atoms with Crippen LogP contribution < -0.4 is 4.74 Å². The minimum atomic E-state index is -0.420. The van der Waals surface area contributed by atoms with Crippen LogP contribution in [0.3, 0.4) is 0 Å². The molecule has 7 heteroatoms. The van der Waals surface area contributed by atoms with Gasteiger partial charge in [0.15, 0.2) is 5.82 Å². The van der Waals surface area contributed by atoms with Crippen LogP contribution in [-0.2, 0) is 11.3 Å². The van der Waals surface area contributed by atoms with Crippen molar-refractivity contribution in [2.75, 3.05) is 19.7 Å². The second-order valence-electron chi connectivity index (χ2n) is 6.43. The summed E-state index contributed by atoms with van der Waals surface area (Å²) in [6.45, 7) is 3.39. The highest BCUT2D eigenvalue weighted by atomic mass is 32.1. The van der Waals surface area contributed by atoms with Crippen LogP contribution in [0.2, 0.25) is 0 Å². The zero-order chi connectivity index (χ0) is 16.4. The van der Waals surface area contributed by atoms with Crippen molar-refractivity contribution in [2.45, 2.75) is 37.5 Å². The number of halogens is 1. The Morgan fingerprint density at radius 2 is 2.21 bits per heavy atom. The summed E-state index contributed by atoms with van der Waals surface area (Å²) in [6.07, 6.45) is 6.02. The molecule has 0 aromatic carbocycles. The molecule has 0 saturated carbocycles. The molecule has 5 nitrogen and oxygen atoms in total. The van der Waals surface area contributed by atoms with E-state index in [2.05, 4.69) is 14.9 Å². The van der Waals surface area contributed by atoms with Crippen molar-refractivity contribution < 1.29 is 13.9 Å². The quantitative estimate of drug-likeness (QED) is 0.849. The first-order valence-corrected chi connectivity index (χ1v) is 9.12. The Labute approximate surface area is 144 Å². The number of aromatic nitrogens is 2. The Balaban J connectivity index is 1.31. The molecule has 4 rings (SSSR count). The van der Waals surface area contributed by atoms with E-state index >= 15 is 0 Å². The van der Waals surface area contributed by atoms with Crippen LogP contribution in [0, 0.1) is 5.82 Å². The molecule has 128 valence electrons. The SMILES string of the molecule is Fc1cccnc1O[C@H]1COC2(CCN(Cc3nccs3)CC2)C1. The van der Waals surface area contributed by atoms with Crippen molar-refractivity contribution in [3.05, 3.63) is 40.7 Å². The summed E-state index contributed by atoms with van der Waals surface area (Å²) in [5.41, 5.74) is -0.130. The standard InChI is InChI=1S/C17H20FN3O2S/c18-14-2-1-5-20-16(14)23-13-10-17(22-12-13)3-7-21(8-4-17)11-15-19-6-9-24-15/h1-2,5-6,9,13H,3-4,7-8,10-12H2/t13-/m1/s1. The fourth-order valence-corrected chi connectivity index (χ4v) is 4.14. The zero-order valence-electron chi connectivity index (χ0n) is 13.4. The summed E-state index contributed by atoms with van der Waals surface area (Å²) in [7, 11) is 0. The number of hydrogen-bond donors (Lipinski definition) is 0. The fraction of sp³-hybridized carbons (Fsp3) is 0.529. The van der Waals surface area contributed by atoms with Crippen LogP contribution in [0.15, 0.2) is 29.9 Å². The van der Waals surface area contributed by atoms with Crippen LogP contribution in [-0.4, -0.2) is 46.3 Å². The lowest BCUT2D eigenvalue weighted by Crippen LogP contribution is -2.44. The van der Waals surface area contributed by atoms with Gasteiger partial charge in [0.2, 0.25) is 0 Å². The fourth-order valence-electron chi connectivity index (χ4n) is 3.48. The average molecular weight is 349 g/mol. The van der Waals surface area contributed by atoms with E-state index in [1.165, 1.54) is 6.07 Å². The maximum Gasteiger partial charge on any atom is 0.250 e. The van der Waals surface area contributed by atoms with Crippen LogP contribution in [0.25, 0.3) is 0 Å². The molecular weight excluding hydrogens is 329 g/mol. The van der Waals surface area contributed by atoms with Gasteiger partial charge in [-0.25, -0.2) is 14.4 Å². The highest BCUT2D eigenvalue weighted by Gasteiger charge is 2.43. The smallest absolute Gasteiger partial charge is 0.250 e. The van der Waals surface area contributed by atoms with Crippen LogP contribution in [0.1, 0.15) is 24.3 Å². The first kappa shape index (κ1) is 15.9. The van der Waals surface area contributed by atoms with Crippen molar-refractivity contribution in [2.24, 2.45) is 0 Å². The van der Waals surface area contributed by atoms with Gasteiger partial charge in [0, 0.05) is 37.3 Å². The van der Waals surface area contributed by atoms with Gasteiger partial charge in [-0.15, -0.1) is 11.3 Å². The molecule has 2 aliphatic heterocycles. The van der Waals surface area contributed by atoms with E-state index in [-0.39, 0.29) is 17.6 Å². The molecule has 0 unspecified atom stereocenters. The van der Waals surface area contributed by atoms with Crippen LogP contribution in [0.4, 0.5) is 4.39 Å². The lowest BCUT2D eigenvalue weighted by atomic mass is 9.88. The number of likely N-dealkylation sites (tertiary alicyclic amines) is 1. The molecule has 1 spiro atoms. The number of rotatable bonds is 4. The number of nitrogens with zero attached hydrogens (tertiary/aromatic N) is 3. The van der Waals surface area contributed by atoms with Crippen molar-refractivity contribution >= 4 is 11.3 Å². The number of piperidine rings is 1. The Bertz CT molecular complexity index is 674. The largest absolute Gasteiger partial charge is 0.470 e. The van der Waals surface area contributed by atoms with Gasteiger partial charge in [0.1, 0.15) is 11.1 Å². The van der Waals surface area contributed by atoms with E-state index < -0.39 is 5.82 Å². The Morgan fingerprint density at radius 3 is 2.96 bits per heavy atom. The number of hydrogen-bond acceptors (Lipinski definition) is 6. The van der Waals surface area contributed by atoms with Gasteiger partial charge >= 0.3 is 0 Å². The molecule has 2 aromatic heterocycles. The van der Waals surface area contributed by atoms with E-state index in [1.807, 2.05) is 11.6 Å². The summed E-state index contributed by atoms with van der Waals surface area (Å²) < 4.78 is 25.5. The minimum absolute atomic E-state index is 0.0735. The van der Waals surface area contributed by atoms with Gasteiger partial charge in [-0.3, -0.25) is 4.90 Å². The summed E-state index contributed by atoms with van der Waals surface area (Å²) in [6, 6.07) is 2.93. The maximum absolute atomic E-state index is 13.7. The van der Waals surface area contributed by atoms with Gasteiger partial charge < -0.3 is 9.47 Å². The van der Waals surface area contributed by atoms with E-state index in [1.54, 1.807) is 23.6 Å². The summed E-state index contributed by atoms with van der Waals surface area (Å²) in [5, 5.41) is 3.17. The third-order valence-electron chi connectivity index (χ3n) is 4.79. The second kappa shape index (κ2) is 6.74. The van der Waals surface area contributed by atoms with Crippen molar-refractivity contribution in [3.8, 4) is 5.88 Å². The molecule has 0 bridgehead atoms. The van der Waals surface area contributed by atoms with Gasteiger partial charge in [-0.05, 0) is 25.0 Å². The molecule has 0 aliphatic carbocycles. The Kier molecular flexibility index (Phi) is 4.47. The molecule has 2 fully saturated rings. The van der Waals surface area contributed by atoms with Crippen LogP contribution in [0.5, 0.6) is 5.88 Å². The predicted octanol–water partition coefficient (Wildman–Crippen LogP) is 2.88. The van der Waals surface area contributed by atoms with Crippen LogP contribution >= 0.6 is 11.3 Å². The predicted molar refractivity (Wildman–Crippen MR) is 88.5 cm³/mol.